The van der Waals surface area contributed by atoms with Crippen LogP contribution in [0.1, 0.15) is 36.0 Å². The van der Waals surface area contributed by atoms with Gasteiger partial charge >= 0.3 is 0 Å². The summed E-state index contributed by atoms with van der Waals surface area (Å²) in [5.74, 6) is 1.82. The molecule has 1 aromatic rings. The van der Waals surface area contributed by atoms with Crippen molar-refractivity contribution in [2.45, 2.75) is 38.6 Å². The highest BCUT2D eigenvalue weighted by molar-refractivity contribution is 5.56. The quantitative estimate of drug-likeness (QED) is 0.876. The summed E-state index contributed by atoms with van der Waals surface area (Å²) in [5, 5.41) is 0. The van der Waals surface area contributed by atoms with Gasteiger partial charge in [0.05, 0.1) is 14.2 Å². The Kier molecular flexibility index (Phi) is 3.04. The molecule has 1 aromatic carbocycles. The van der Waals surface area contributed by atoms with Crippen LogP contribution in [0.2, 0.25) is 0 Å². The molecule has 2 rings (SSSR count). The van der Waals surface area contributed by atoms with E-state index >= 15 is 0 Å². The minimum atomic E-state index is -0.227. The molecule has 1 aliphatic rings. The molecule has 0 spiro atoms. The molecule has 1 saturated carbocycles. The van der Waals surface area contributed by atoms with Crippen LogP contribution in [0, 0.1) is 13.8 Å². The molecular weight excluding hydrogens is 214 g/mol. The van der Waals surface area contributed by atoms with Gasteiger partial charge in [0.1, 0.15) is 11.5 Å². The summed E-state index contributed by atoms with van der Waals surface area (Å²) in [7, 11) is 3.40. The fraction of sp³-hybridized carbons (Fsp3) is 0.571. The zero-order valence-electron chi connectivity index (χ0n) is 11.1. The van der Waals surface area contributed by atoms with E-state index in [0.717, 1.165) is 41.0 Å². The maximum absolute atomic E-state index is 6.46. The third-order valence-electron chi connectivity index (χ3n) is 3.85. The molecule has 0 amide bonds. The lowest BCUT2D eigenvalue weighted by molar-refractivity contribution is 0.241. The van der Waals surface area contributed by atoms with Crippen molar-refractivity contribution in [2.75, 3.05) is 14.2 Å². The van der Waals surface area contributed by atoms with Gasteiger partial charge in [-0.05, 0) is 50.3 Å². The highest BCUT2D eigenvalue weighted by atomic mass is 16.5. The van der Waals surface area contributed by atoms with Crippen molar-refractivity contribution in [2.24, 2.45) is 5.73 Å². The maximum atomic E-state index is 6.46. The first kappa shape index (κ1) is 12.2. The third kappa shape index (κ3) is 1.78. The van der Waals surface area contributed by atoms with E-state index in [-0.39, 0.29) is 5.54 Å². The van der Waals surface area contributed by atoms with Crippen molar-refractivity contribution in [3.05, 3.63) is 22.8 Å². The Balaban J connectivity index is 2.64. The highest BCUT2D eigenvalue weighted by Crippen LogP contribution is 2.47. The second-order valence-electron chi connectivity index (χ2n) is 4.94. The van der Waals surface area contributed by atoms with Crippen molar-refractivity contribution in [1.29, 1.82) is 0 Å². The summed E-state index contributed by atoms with van der Waals surface area (Å²) in [5.41, 5.74) is 9.55. The zero-order chi connectivity index (χ0) is 12.6. The van der Waals surface area contributed by atoms with Crippen molar-refractivity contribution in [3.63, 3.8) is 0 Å². The minimum absolute atomic E-state index is 0.227. The summed E-state index contributed by atoms with van der Waals surface area (Å²) in [6, 6.07) is 2.01. The number of methoxy groups -OCH3 is 2. The van der Waals surface area contributed by atoms with Gasteiger partial charge in [-0.2, -0.15) is 0 Å². The average molecular weight is 235 g/mol. The van der Waals surface area contributed by atoms with Gasteiger partial charge in [0.25, 0.3) is 0 Å². The van der Waals surface area contributed by atoms with Crippen molar-refractivity contribution < 1.29 is 9.47 Å². The molecule has 0 bridgehead atoms. The van der Waals surface area contributed by atoms with Crippen LogP contribution in [-0.2, 0) is 5.54 Å². The molecule has 1 aliphatic carbocycles. The molecule has 0 aliphatic heterocycles. The van der Waals surface area contributed by atoms with Gasteiger partial charge in [0.2, 0.25) is 0 Å². The van der Waals surface area contributed by atoms with Gasteiger partial charge < -0.3 is 15.2 Å². The molecule has 1 fully saturated rings. The van der Waals surface area contributed by atoms with Gasteiger partial charge in [0, 0.05) is 11.1 Å². The Labute approximate surface area is 103 Å². The Hall–Kier alpha value is -1.22. The molecule has 0 unspecified atom stereocenters. The van der Waals surface area contributed by atoms with Gasteiger partial charge in [-0.25, -0.2) is 0 Å². The average Bonchev–Trinajstić information content (AvgIpc) is 2.28. The molecule has 3 heteroatoms. The Morgan fingerprint density at radius 2 is 1.82 bits per heavy atom. The lowest BCUT2D eigenvalue weighted by Crippen LogP contribution is -2.44. The first-order valence-electron chi connectivity index (χ1n) is 6.05. The van der Waals surface area contributed by atoms with E-state index in [0.29, 0.717) is 0 Å². The number of hydrogen-bond acceptors (Lipinski definition) is 3. The van der Waals surface area contributed by atoms with Gasteiger partial charge in [-0.1, -0.05) is 0 Å². The normalized spacial score (nSPS) is 17.5. The van der Waals surface area contributed by atoms with Crippen LogP contribution < -0.4 is 15.2 Å². The van der Waals surface area contributed by atoms with Crippen LogP contribution in [0.3, 0.4) is 0 Å². The van der Waals surface area contributed by atoms with Crippen molar-refractivity contribution in [1.82, 2.24) is 0 Å². The van der Waals surface area contributed by atoms with Crippen LogP contribution in [-0.4, -0.2) is 14.2 Å². The first-order valence-corrected chi connectivity index (χ1v) is 6.05. The van der Waals surface area contributed by atoms with Crippen LogP contribution >= 0.6 is 0 Å². The van der Waals surface area contributed by atoms with E-state index in [9.17, 15) is 0 Å². The molecule has 2 N–H and O–H groups in total. The number of ether oxygens (including phenoxy) is 2. The lowest BCUT2D eigenvalue weighted by Gasteiger charge is -2.41. The second kappa shape index (κ2) is 4.22. The topological polar surface area (TPSA) is 44.5 Å². The second-order valence-corrected chi connectivity index (χ2v) is 4.94. The van der Waals surface area contributed by atoms with E-state index in [1.54, 1.807) is 14.2 Å². The van der Waals surface area contributed by atoms with E-state index in [1.807, 2.05) is 13.0 Å². The largest absolute Gasteiger partial charge is 0.496 e. The Morgan fingerprint density at radius 3 is 2.24 bits per heavy atom. The summed E-state index contributed by atoms with van der Waals surface area (Å²) in [4.78, 5) is 0. The van der Waals surface area contributed by atoms with Crippen LogP contribution in [0.15, 0.2) is 6.07 Å². The van der Waals surface area contributed by atoms with Crippen LogP contribution in [0.5, 0.6) is 11.5 Å². The molecule has 94 valence electrons. The van der Waals surface area contributed by atoms with Crippen molar-refractivity contribution in [3.8, 4) is 11.5 Å². The molecule has 0 saturated heterocycles. The summed E-state index contributed by atoms with van der Waals surface area (Å²) in [6.07, 6.45) is 3.24. The molecule has 0 heterocycles. The summed E-state index contributed by atoms with van der Waals surface area (Å²) >= 11 is 0. The lowest BCUT2D eigenvalue weighted by atomic mass is 9.70. The monoisotopic (exact) mass is 235 g/mol. The van der Waals surface area contributed by atoms with E-state index in [4.69, 9.17) is 15.2 Å². The zero-order valence-corrected chi connectivity index (χ0v) is 11.1. The van der Waals surface area contributed by atoms with E-state index in [2.05, 4.69) is 6.92 Å². The SMILES string of the molecule is COc1cc(C)c(OC)c(C2(N)CCC2)c1C. The third-order valence-corrected chi connectivity index (χ3v) is 3.85. The first-order chi connectivity index (χ1) is 8.03. The smallest absolute Gasteiger partial charge is 0.127 e. The Bertz CT molecular complexity index is 436. The van der Waals surface area contributed by atoms with Crippen LogP contribution in [0.4, 0.5) is 0 Å². The number of nitrogens with two attached hydrogens (primary N) is 1. The standard InChI is InChI=1S/C14H21NO2/c1-9-8-11(16-3)10(2)12(13(9)17-4)14(15)6-5-7-14/h8H,5-7,15H2,1-4H3. The summed E-state index contributed by atoms with van der Waals surface area (Å²) in [6.45, 7) is 4.09. The molecule has 0 atom stereocenters. The number of rotatable bonds is 3. The molecular formula is C14H21NO2. The fourth-order valence-electron chi connectivity index (χ4n) is 2.74. The molecule has 0 aromatic heterocycles. The highest BCUT2D eigenvalue weighted by Gasteiger charge is 2.39. The number of benzene rings is 1. The maximum Gasteiger partial charge on any atom is 0.127 e. The fourth-order valence-corrected chi connectivity index (χ4v) is 2.74. The minimum Gasteiger partial charge on any atom is -0.496 e. The summed E-state index contributed by atoms with van der Waals surface area (Å²) < 4.78 is 11.0. The number of hydrogen-bond donors (Lipinski definition) is 1. The molecule has 17 heavy (non-hydrogen) atoms. The predicted molar refractivity (Wildman–Crippen MR) is 68.7 cm³/mol. The van der Waals surface area contributed by atoms with E-state index in [1.165, 1.54) is 6.42 Å². The van der Waals surface area contributed by atoms with Gasteiger partial charge in [-0.3, -0.25) is 0 Å². The number of aryl methyl sites for hydroxylation is 1. The predicted octanol–water partition coefficient (Wildman–Crippen LogP) is 2.66. The van der Waals surface area contributed by atoms with Gasteiger partial charge in [-0.15, -0.1) is 0 Å². The van der Waals surface area contributed by atoms with Gasteiger partial charge in [0.15, 0.2) is 0 Å². The Morgan fingerprint density at radius 1 is 1.18 bits per heavy atom. The van der Waals surface area contributed by atoms with E-state index < -0.39 is 0 Å². The van der Waals surface area contributed by atoms with Crippen LogP contribution in [0.25, 0.3) is 0 Å². The molecule has 3 nitrogen and oxygen atoms in total. The van der Waals surface area contributed by atoms with Crippen molar-refractivity contribution >= 4 is 0 Å². The molecule has 0 radical (unpaired) electrons.